The molecule has 1 saturated heterocycles. The lowest BCUT2D eigenvalue weighted by Crippen LogP contribution is -2.56. The lowest BCUT2D eigenvalue weighted by atomic mass is 10.1. The van der Waals surface area contributed by atoms with E-state index in [0.29, 0.717) is 36.5 Å². The van der Waals surface area contributed by atoms with Crippen molar-refractivity contribution in [1.82, 2.24) is 19.4 Å². The highest BCUT2D eigenvalue weighted by Crippen LogP contribution is 2.32. The molecule has 3 aromatic rings. The number of amides is 1. The van der Waals surface area contributed by atoms with Crippen molar-refractivity contribution in [2.45, 2.75) is 24.3 Å². The van der Waals surface area contributed by atoms with E-state index in [2.05, 4.69) is 15.5 Å². The van der Waals surface area contributed by atoms with Crippen LogP contribution in [0.15, 0.2) is 47.5 Å². The molecule has 2 heterocycles. The molecule has 2 N–H and O–H groups in total. The highest BCUT2D eigenvalue weighted by atomic mass is 32.2. The number of aromatic amines is 1. The summed E-state index contributed by atoms with van der Waals surface area (Å²) in [5.41, 5.74) is 1.85. The van der Waals surface area contributed by atoms with Crippen LogP contribution in [0.3, 0.4) is 0 Å². The Hall–Kier alpha value is -2.95. The molecule has 1 aliphatic heterocycles. The second kappa shape index (κ2) is 8.89. The molecule has 2 aromatic carbocycles. The Kier molecular flexibility index (Phi) is 6.18. The highest BCUT2D eigenvalue weighted by Gasteiger charge is 2.43. The molecular formula is C22H27N5O4S. The minimum atomic E-state index is -3.85. The zero-order chi connectivity index (χ0) is 22.9. The average Bonchev–Trinajstić information content (AvgIpc) is 3.15. The Morgan fingerprint density at radius 1 is 1.28 bits per heavy atom. The van der Waals surface area contributed by atoms with E-state index in [4.69, 9.17) is 4.74 Å². The molecule has 0 spiro atoms. The van der Waals surface area contributed by atoms with E-state index in [1.165, 1.54) is 4.31 Å². The zero-order valence-corrected chi connectivity index (χ0v) is 19.1. The number of anilines is 1. The van der Waals surface area contributed by atoms with Crippen LogP contribution in [0, 0.1) is 6.92 Å². The minimum absolute atomic E-state index is 0.140. The molecule has 0 saturated carbocycles. The number of aryl methyl sites for hydroxylation is 1. The number of carbonyl (C=O) groups excluding carboxylic acids is 1. The predicted molar refractivity (Wildman–Crippen MR) is 122 cm³/mol. The molecule has 9 nitrogen and oxygen atoms in total. The molecule has 1 fully saturated rings. The summed E-state index contributed by atoms with van der Waals surface area (Å²) in [4.78, 5) is 15.0. The number of nitrogens with one attached hydrogen (secondary N) is 2. The Bertz CT molecular complexity index is 1220. The minimum Gasteiger partial charge on any atom is -0.492 e. The maximum atomic E-state index is 13.3. The average molecular weight is 458 g/mol. The quantitative estimate of drug-likeness (QED) is 0.537. The monoisotopic (exact) mass is 457 g/mol. The second-order valence-electron chi connectivity index (χ2n) is 8.18. The summed E-state index contributed by atoms with van der Waals surface area (Å²) in [6, 6.07) is 9.77. The molecule has 170 valence electrons. The Labute approximate surface area is 187 Å². The van der Waals surface area contributed by atoms with Gasteiger partial charge in [-0.3, -0.25) is 9.89 Å². The Balaban J connectivity index is 1.44. The van der Waals surface area contributed by atoms with Gasteiger partial charge >= 0.3 is 0 Å². The first-order valence-corrected chi connectivity index (χ1v) is 11.8. The van der Waals surface area contributed by atoms with Crippen molar-refractivity contribution < 1.29 is 17.9 Å². The van der Waals surface area contributed by atoms with Crippen molar-refractivity contribution in [3.05, 3.63) is 48.2 Å². The van der Waals surface area contributed by atoms with Crippen molar-refractivity contribution >= 4 is 32.5 Å². The SMILES string of the molecule is Cc1cc(S(=O)(=O)N2CC[C@H]2C(=O)Nc2ccc(OCCN(C)C)cc2)c2[nH]ncc2c1. The van der Waals surface area contributed by atoms with Crippen molar-refractivity contribution in [3.8, 4) is 5.75 Å². The lowest BCUT2D eigenvalue weighted by Gasteiger charge is -2.38. The number of sulfonamides is 1. The Morgan fingerprint density at radius 2 is 2.03 bits per heavy atom. The summed E-state index contributed by atoms with van der Waals surface area (Å²) < 4.78 is 33.5. The molecule has 0 radical (unpaired) electrons. The van der Waals surface area contributed by atoms with Gasteiger partial charge in [-0.2, -0.15) is 9.40 Å². The van der Waals surface area contributed by atoms with Gasteiger partial charge in [-0.25, -0.2) is 8.42 Å². The molecule has 4 rings (SSSR count). The maximum Gasteiger partial charge on any atom is 0.245 e. The summed E-state index contributed by atoms with van der Waals surface area (Å²) in [5.74, 6) is 0.357. The molecule has 1 aromatic heterocycles. The summed E-state index contributed by atoms with van der Waals surface area (Å²) in [6.07, 6.45) is 2.06. The fourth-order valence-electron chi connectivity index (χ4n) is 3.62. The number of benzene rings is 2. The van der Waals surface area contributed by atoms with Crippen LogP contribution in [-0.4, -0.2) is 73.6 Å². The molecule has 0 bridgehead atoms. The van der Waals surface area contributed by atoms with Crippen molar-refractivity contribution in [2.75, 3.05) is 39.1 Å². The van der Waals surface area contributed by atoms with E-state index < -0.39 is 16.1 Å². The number of hydrogen-bond donors (Lipinski definition) is 2. The lowest BCUT2D eigenvalue weighted by molar-refractivity contribution is -0.122. The number of rotatable bonds is 8. The van der Waals surface area contributed by atoms with Gasteiger partial charge in [-0.15, -0.1) is 0 Å². The van der Waals surface area contributed by atoms with Crippen LogP contribution < -0.4 is 10.1 Å². The fourth-order valence-corrected chi connectivity index (χ4v) is 5.51. The largest absolute Gasteiger partial charge is 0.492 e. The molecule has 0 unspecified atom stereocenters. The molecule has 32 heavy (non-hydrogen) atoms. The van der Waals surface area contributed by atoms with Crippen molar-refractivity contribution in [3.63, 3.8) is 0 Å². The predicted octanol–water partition coefficient (Wildman–Crippen LogP) is 2.21. The number of hydrogen-bond acceptors (Lipinski definition) is 6. The molecule has 10 heteroatoms. The maximum absolute atomic E-state index is 13.3. The van der Waals surface area contributed by atoms with Gasteiger partial charge in [-0.05, 0) is 69.4 Å². The van der Waals surface area contributed by atoms with E-state index >= 15 is 0 Å². The van der Waals surface area contributed by atoms with Gasteiger partial charge in [0.25, 0.3) is 0 Å². The van der Waals surface area contributed by atoms with E-state index in [1.807, 2.05) is 32.0 Å². The van der Waals surface area contributed by atoms with Gasteiger partial charge in [0.1, 0.15) is 23.3 Å². The number of nitrogens with zero attached hydrogens (tertiary/aromatic N) is 3. The van der Waals surface area contributed by atoms with Crippen LogP contribution in [0.25, 0.3) is 10.9 Å². The molecule has 1 amide bonds. The summed E-state index contributed by atoms with van der Waals surface area (Å²) in [7, 11) is 0.0949. The Morgan fingerprint density at radius 3 is 2.69 bits per heavy atom. The molecule has 0 aliphatic carbocycles. The second-order valence-corrected chi connectivity index (χ2v) is 10.0. The molecule has 1 aliphatic rings. The number of ether oxygens (including phenoxy) is 1. The van der Waals surface area contributed by atoms with E-state index in [0.717, 1.165) is 17.5 Å². The summed E-state index contributed by atoms with van der Waals surface area (Å²) in [6.45, 7) is 3.49. The van der Waals surface area contributed by atoms with Crippen molar-refractivity contribution in [2.24, 2.45) is 0 Å². The number of likely N-dealkylation sites (N-methyl/N-ethyl adjacent to an activating group) is 1. The van der Waals surface area contributed by atoms with E-state index in [-0.39, 0.29) is 10.8 Å². The standard InChI is InChI=1S/C22H27N5O4S/c1-15-12-16-14-23-25-21(16)20(13-15)32(29,30)27-9-8-19(27)22(28)24-17-4-6-18(7-5-17)31-11-10-26(2)3/h4-7,12-14,19H,8-11H2,1-3H3,(H,23,25)(H,24,28)/t19-/m0/s1. The van der Waals surface area contributed by atoms with Crippen LogP contribution in [0.1, 0.15) is 12.0 Å². The molecular weight excluding hydrogens is 430 g/mol. The van der Waals surface area contributed by atoms with Crippen LogP contribution >= 0.6 is 0 Å². The first kappa shape index (κ1) is 22.3. The third kappa shape index (κ3) is 4.47. The van der Waals surface area contributed by atoms with Crippen LogP contribution in [0.4, 0.5) is 5.69 Å². The first-order valence-electron chi connectivity index (χ1n) is 10.4. The zero-order valence-electron chi connectivity index (χ0n) is 18.3. The van der Waals surface area contributed by atoms with Crippen LogP contribution in [0.2, 0.25) is 0 Å². The third-order valence-corrected chi connectivity index (χ3v) is 7.38. The van der Waals surface area contributed by atoms with Crippen molar-refractivity contribution in [1.29, 1.82) is 0 Å². The fraction of sp³-hybridized carbons (Fsp3) is 0.364. The van der Waals surface area contributed by atoms with Crippen LogP contribution in [-0.2, 0) is 14.8 Å². The highest BCUT2D eigenvalue weighted by molar-refractivity contribution is 7.89. The number of fused-ring (bicyclic) bond motifs is 1. The van der Waals surface area contributed by atoms with Gasteiger partial charge < -0.3 is 15.0 Å². The van der Waals surface area contributed by atoms with Gasteiger partial charge in [0.2, 0.25) is 15.9 Å². The number of H-pyrrole nitrogens is 1. The van der Waals surface area contributed by atoms with Gasteiger partial charge in [0, 0.05) is 24.2 Å². The number of carbonyl (C=O) groups is 1. The normalized spacial score (nSPS) is 16.8. The van der Waals surface area contributed by atoms with Gasteiger partial charge in [0.15, 0.2) is 0 Å². The van der Waals surface area contributed by atoms with Gasteiger partial charge in [0.05, 0.1) is 11.7 Å². The van der Waals surface area contributed by atoms with E-state index in [9.17, 15) is 13.2 Å². The molecule has 1 atom stereocenters. The van der Waals surface area contributed by atoms with Crippen LogP contribution in [0.5, 0.6) is 5.75 Å². The smallest absolute Gasteiger partial charge is 0.245 e. The van der Waals surface area contributed by atoms with Gasteiger partial charge in [-0.1, -0.05) is 0 Å². The van der Waals surface area contributed by atoms with E-state index in [1.54, 1.807) is 36.5 Å². The first-order chi connectivity index (χ1) is 15.3. The third-order valence-electron chi connectivity index (χ3n) is 5.45. The topological polar surface area (TPSA) is 108 Å². The summed E-state index contributed by atoms with van der Waals surface area (Å²) in [5, 5.41) is 10.3. The summed E-state index contributed by atoms with van der Waals surface area (Å²) >= 11 is 0. The number of aromatic nitrogens is 2.